The Bertz CT molecular complexity index is 1000. The Balaban J connectivity index is 1.32. The van der Waals surface area contributed by atoms with Gasteiger partial charge in [0.25, 0.3) is 0 Å². The average Bonchev–Trinajstić information content (AvgIpc) is 3.25. The van der Waals surface area contributed by atoms with E-state index in [0.29, 0.717) is 13.1 Å². The Kier molecular flexibility index (Phi) is 5.95. The Labute approximate surface area is 173 Å². The van der Waals surface area contributed by atoms with Crippen molar-refractivity contribution >= 4 is 35.0 Å². The second kappa shape index (κ2) is 8.96. The van der Waals surface area contributed by atoms with Crippen LogP contribution < -0.4 is 10.2 Å². The number of aromatic nitrogens is 2. The molecule has 2 heterocycles. The van der Waals surface area contributed by atoms with Crippen LogP contribution >= 0.6 is 11.8 Å². The molecule has 1 aromatic heterocycles. The Hall–Kier alpha value is -3.06. The zero-order chi connectivity index (χ0) is 20.1. The van der Waals surface area contributed by atoms with E-state index in [4.69, 9.17) is 0 Å². The van der Waals surface area contributed by atoms with Crippen molar-refractivity contribution in [3.8, 4) is 0 Å². The number of fused-ring (bicyclic) bond motifs is 1. The third-order valence-electron chi connectivity index (χ3n) is 4.71. The summed E-state index contributed by atoms with van der Waals surface area (Å²) in [5, 5.41) is 7.09. The number of nitrogens with zero attached hydrogens (tertiary/aromatic N) is 3. The number of anilines is 2. The van der Waals surface area contributed by atoms with E-state index in [-0.39, 0.29) is 24.7 Å². The van der Waals surface area contributed by atoms with E-state index in [2.05, 4.69) is 10.4 Å². The van der Waals surface area contributed by atoms with E-state index in [1.54, 1.807) is 22.9 Å². The highest BCUT2D eigenvalue weighted by molar-refractivity contribution is 7.99. The molecule has 0 spiro atoms. The molecule has 6 nitrogen and oxygen atoms in total. The lowest BCUT2D eigenvalue weighted by Gasteiger charge is -2.29. The highest BCUT2D eigenvalue weighted by Gasteiger charge is 2.22. The molecular formula is C22H22N4O2S. The van der Waals surface area contributed by atoms with Crippen LogP contribution in [0.25, 0.3) is 0 Å². The molecule has 0 bridgehead atoms. The molecule has 29 heavy (non-hydrogen) atoms. The molecule has 0 aliphatic carbocycles. The van der Waals surface area contributed by atoms with Gasteiger partial charge in [-0.15, -0.1) is 11.8 Å². The average molecular weight is 407 g/mol. The van der Waals surface area contributed by atoms with Crippen LogP contribution in [0.15, 0.2) is 71.9 Å². The summed E-state index contributed by atoms with van der Waals surface area (Å²) in [5.74, 6) is 0.701. The number of thioether (sulfide) groups is 1. The summed E-state index contributed by atoms with van der Waals surface area (Å²) in [6.45, 7) is 1.32. The van der Waals surface area contributed by atoms with Gasteiger partial charge in [0, 0.05) is 48.1 Å². The first kappa shape index (κ1) is 19.3. The summed E-state index contributed by atoms with van der Waals surface area (Å²) >= 11 is 1.76. The first-order chi connectivity index (χ1) is 14.2. The number of rotatable bonds is 6. The van der Waals surface area contributed by atoms with Crippen molar-refractivity contribution in [1.29, 1.82) is 0 Å². The maximum atomic E-state index is 12.7. The third-order valence-corrected chi connectivity index (χ3v) is 5.75. The van der Waals surface area contributed by atoms with Crippen molar-refractivity contribution in [1.82, 2.24) is 9.78 Å². The molecule has 0 unspecified atom stereocenters. The van der Waals surface area contributed by atoms with E-state index in [1.807, 2.05) is 65.5 Å². The lowest BCUT2D eigenvalue weighted by Crippen LogP contribution is -2.35. The Morgan fingerprint density at radius 2 is 1.97 bits per heavy atom. The van der Waals surface area contributed by atoms with Gasteiger partial charge in [0.15, 0.2) is 0 Å². The standard InChI is InChI=1S/C22H22N4O2S/c27-21(24-18-6-3-5-17(15-18)16-25-12-4-11-23-25)9-10-22(28)26-13-14-29-20-8-2-1-7-19(20)26/h1-8,11-12,15H,9-10,13-14,16H2,(H,24,27). The Morgan fingerprint density at radius 1 is 1.07 bits per heavy atom. The number of nitrogens with one attached hydrogen (secondary N) is 1. The highest BCUT2D eigenvalue weighted by atomic mass is 32.2. The molecule has 0 saturated carbocycles. The molecule has 0 saturated heterocycles. The molecule has 1 aliphatic heterocycles. The van der Waals surface area contributed by atoms with Crippen molar-refractivity contribution in [3.05, 3.63) is 72.6 Å². The first-order valence-corrected chi connectivity index (χ1v) is 10.6. The van der Waals surface area contributed by atoms with Gasteiger partial charge in [-0.1, -0.05) is 24.3 Å². The molecule has 4 rings (SSSR count). The van der Waals surface area contributed by atoms with Crippen molar-refractivity contribution in [2.45, 2.75) is 24.3 Å². The number of hydrogen-bond acceptors (Lipinski definition) is 4. The summed E-state index contributed by atoms with van der Waals surface area (Å²) in [4.78, 5) is 28.0. The molecule has 2 aromatic carbocycles. The first-order valence-electron chi connectivity index (χ1n) is 9.57. The maximum absolute atomic E-state index is 12.7. The number of carbonyl (C=O) groups is 2. The number of carbonyl (C=O) groups excluding carboxylic acids is 2. The fraction of sp³-hybridized carbons (Fsp3) is 0.227. The predicted molar refractivity (Wildman–Crippen MR) is 115 cm³/mol. The van der Waals surface area contributed by atoms with Crippen molar-refractivity contribution < 1.29 is 9.59 Å². The lowest BCUT2D eigenvalue weighted by molar-refractivity contribution is -0.122. The summed E-state index contributed by atoms with van der Waals surface area (Å²) in [6, 6.07) is 17.5. The predicted octanol–water partition coefficient (Wildman–Crippen LogP) is 3.79. The maximum Gasteiger partial charge on any atom is 0.227 e. The smallest absolute Gasteiger partial charge is 0.227 e. The van der Waals surface area contributed by atoms with Crippen LogP contribution in [0, 0.1) is 0 Å². The van der Waals surface area contributed by atoms with E-state index >= 15 is 0 Å². The van der Waals surface area contributed by atoms with Crippen LogP contribution in [-0.2, 0) is 16.1 Å². The molecule has 2 amide bonds. The molecule has 0 atom stereocenters. The fourth-order valence-electron chi connectivity index (χ4n) is 3.34. The van der Waals surface area contributed by atoms with Gasteiger partial charge in [-0.3, -0.25) is 14.3 Å². The second-order valence-corrected chi connectivity index (χ2v) is 7.95. The normalized spacial score (nSPS) is 13.0. The summed E-state index contributed by atoms with van der Waals surface area (Å²) in [6.07, 6.45) is 3.99. The quantitative estimate of drug-likeness (QED) is 0.676. The largest absolute Gasteiger partial charge is 0.326 e. The van der Waals surface area contributed by atoms with Gasteiger partial charge < -0.3 is 10.2 Å². The van der Waals surface area contributed by atoms with Crippen LogP contribution in [0.2, 0.25) is 0 Å². The van der Waals surface area contributed by atoms with Gasteiger partial charge in [-0.25, -0.2) is 0 Å². The molecule has 7 heteroatoms. The summed E-state index contributed by atoms with van der Waals surface area (Å²) < 4.78 is 1.83. The highest BCUT2D eigenvalue weighted by Crippen LogP contribution is 2.34. The van der Waals surface area contributed by atoms with Crippen LogP contribution in [0.3, 0.4) is 0 Å². The SMILES string of the molecule is O=C(CCC(=O)N1CCSc2ccccc21)Nc1cccc(Cn2cccn2)c1. The minimum atomic E-state index is -0.158. The van der Waals surface area contributed by atoms with Crippen LogP contribution in [0.5, 0.6) is 0 Å². The Morgan fingerprint density at radius 3 is 2.83 bits per heavy atom. The van der Waals surface area contributed by atoms with Crippen molar-refractivity contribution in [2.24, 2.45) is 0 Å². The van der Waals surface area contributed by atoms with Gasteiger partial charge in [-0.2, -0.15) is 5.10 Å². The number of amides is 2. The third kappa shape index (κ3) is 4.86. The molecule has 1 aliphatic rings. The second-order valence-electron chi connectivity index (χ2n) is 6.81. The molecule has 1 N–H and O–H groups in total. The van der Waals surface area contributed by atoms with E-state index in [0.717, 1.165) is 27.6 Å². The number of hydrogen-bond donors (Lipinski definition) is 1. The lowest BCUT2D eigenvalue weighted by atomic mass is 10.2. The van der Waals surface area contributed by atoms with Gasteiger partial charge in [-0.05, 0) is 35.9 Å². The minimum Gasteiger partial charge on any atom is -0.326 e. The zero-order valence-corrected chi connectivity index (χ0v) is 16.8. The van der Waals surface area contributed by atoms with Gasteiger partial charge in [0.2, 0.25) is 11.8 Å². The molecule has 3 aromatic rings. The summed E-state index contributed by atoms with van der Waals surface area (Å²) in [5.41, 5.74) is 2.72. The molecule has 148 valence electrons. The molecular weight excluding hydrogens is 384 g/mol. The summed E-state index contributed by atoms with van der Waals surface area (Å²) in [7, 11) is 0. The van der Waals surface area contributed by atoms with Crippen molar-refractivity contribution in [3.63, 3.8) is 0 Å². The molecule has 0 fully saturated rings. The van der Waals surface area contributed by atoms with Gasteiger partial charge in [0.05, 0.1) is 12.2 Å². The van der Waals surface area contributed by atoms with Crippen LogP contribution in [0.1, 0.15) is 18.4 Å². The molecule has 0 radical (unpaired) electrons. The topological polar surface area (TPSA) is 67.2 Å². The monoisotopic (exact) mass is 406 g/mol. The van der Waals surface area contributed by atoms with Crippen LogP contribution in [0.4, 0.5) is 11.4 Å². The minimum absolute atomic E-state index is 0.0136. The van der Waals surface area contributed by atoms with E-state index in [1.165, 1.54) is 0 Å². The van der Waals surface area contributed by atoms with Crippen LogP contribution in [-0.4, -0.2) is 33.9 Å². The fourth-order valence-corrected chi connectivity index (χ4v) is 4.33. The van der Waals surface area contributed by atoms with Gasteiger partial charge in [0.1, 0.15) is 0 Å². The number of benzene rings is 2. The van der Waals surface area contributed by atoms with Crippen molar-refractivity contribution in [2.75, 3.05) is 22.5 Å². The number of para-hydroxylation sites is 1. The van der Waals surface area contributed by atoms with E-state index < -0.39 is 0 Å². The van der Waals surface area contributed by atoms with Gasteiger partial charge >= 0.3 is 0 Å². The zero-order valence-electron chi connectivity index (χ0n) is 16.0. The van der Waals surface area contributed by atoms with E-state index in [9.17, 15) is 9.59 Å².